The van der Waals surface area contributed by atoms with Crippen LogP contribution in [0.25, 0.3) is 10.1 Å². The summed E-state index contributed by atoms with van der Waals surface area (Å²) in [5, 5.41) is 13.2. The van der Waals surface area contributed by atoms with Crippen LogP contribution in [0, 0.1) is 0 Å². The first-order valence-corrected chi connectivity index (χ1v) is 6.68. The molecule has 5 nitrogen and oxygen atoms in total. The zero-order valence-corrected chi connectivity index (χ0v) is 11.6. The van der Waals surface area contributed by atoms with Crippen LogP contribution < -0.4 is 15.8 Å². The third-order valence-electron chi connectivity index (χ3n) is 2.69. The summed E-state index contributed by atoms with van der Waals surface area (Å²) in [4.78, 5) is 11.6. The van der Waals surface area contributed by atoms with E-state index in [1.807, 2.05) is 25.1 Å². The van der Waals surface area contributed by atoms with Gasteiger partial charge in [0.15, 0.2) is 0 Å². The van der Waals surface area contributed by atoms with E-state index in [9.17, 15) is 9.90 Å². The molecule has 1 aromatic carbocycles. The number of methoxy groups -OCH3 is 1. The second-order valence-corrected chi connectivity index (χ2v) is 5.38. The molecule has 1 heterocycles. The number of carbonyl (C=O) groups is 1. The van der Waals surface area contributed by atoms with Gasteiger partial charge in [0.25, 0.3) is 0 Å². The number of ether oxygens (including phenoxy) is 1. The van der Waals surface area contributed by atoms with Crippen molar-refractivity contribution in [1.82, 2.24) is 0 Å². The Morgan fingerprint density at radius 3 is 2.89 bits per heavy atom. The van der Waals surface area contributed by atoms with Crippen molar-refractivity contribution in [3.05, 3.63) is 23.1 Å². The number of carboxylic acids is 1. The van der Waals surface area contributed by atoms with E-state index >= 15 is 0 Å². The Morgan fingerprint density at radius 1 is 1.58 bits per heavy atom. The van der Waals surface area contributed by atoms with Gasteiger partial charge in [-0.05, 0) is 25.1 Å². The number of fused-ring (bicyclic) bond motifs is 1. The van der Waals surface area contributed by atoms with E-state index in [1.165, 1.54) is 11.3 Å². The molecule has 19 heavy (non-hydrogen) atoms. The van der Waals surface area contributed by atoms with Crippen LogP contribution in [0.1, 0.15) is 16.6 Å². The zero-order chi connectivity index (χ0) is 14.0. The van der Waals surface area contributed by atoms with Crippen molar-refractivity contribution in [2.75, 3.05) is 19.0 Å². The van der Waals surface area contributed by atoms with Crippen LogP contribution in [0.2, 0.25) is 0 Å². The summed E-state index contributed by atoms with van der Waals surface area (Å²) in [6, 6.07) is 5.46. The maximum absolute atomic E-state index is 11.3. The fourth-order valence-corrected chi connectivity index (χ4v) is 2.79. The quantitative estimate of drug-likeness (QED) is 0.783. The van der Waals surface area contributed by atoms with Gasteiger partial charge in [0.2, 0.25) is 0 Å². The lowest BCUT2D eigenvalue weighted by molar-refractivity contribution is 0.0703. The molecule has 4 N–H and O–H groups in total. The summed E-state index contributed by atoms with van der Waals surface area (Å²) in [6.07, 6.45) is 0. The summed E-state index contributed by atoms with van der Waals surface area (Å²) >= 11 is 1.24. The maximum atomic E-state index is 11.3. The van der Waals surface area contributed by atoms with E-state index in [4.69, 9.17) is 10.5 Å². The normalized spacial score (nSPS) is 12.4. The average Bonchev–Trinajstić information content (AvgIpc) is 2.74. The molecule has 0 unspecified atom stereocenters. The highest BCUT2D eigenvalue weighted by molar-refractivity contribution is 7.21. The highest BCUT2D eigenvalue weighted by atomic mass is 32.1. The van der Waals surface area contributed by atoms with Gasteiger partial charge >= 0.3 is 5.97 Å². The lowest BCUT2D eigenvalue weighted by atomic mass is 10.2. The van der Waals surface area contributed by atoms with Crippen LogP contribution in [0.15, 0.2) is 18.2 Å². The molecule has 0 aliphatic rings. The molecule has 0 saturated carbocycles. The number of hydrogen-bond donors (Lipinski definition) is 3. The first-order valence-electron chi connectivity index (χ1n) is 5.86. The molecule has 0 amide bonds. The number of carboxylic acid groups (broad SMARTS) is 1. The Labute approximate surface area is 115 Å². The summed E-state index contributed by atoms with van der Waals surface area (Å²) in [5.41, 5.74) is 6.32. The van der Waals surface area contributed by atoms with Gasteiger partial charge in [-0.2, -0.15) is 0 Å². The number of benzene rings is 1. The predicted octanol–water partition coefficient (Wildman–Crippen LogP) is 2.37. The number of rotatable bonds is 5. The minimum absolute atomic E-state index is 0.0535. The Bertz CT molecular complexity index is 607. The van der Waals surface area contributed by atoms with Gasteiger partial charge in [-0.25, -0.2) is 4.79 Å². The second kappa shape index (κ2) is 5.46. The van der Waals surface area contributed by atoms with Crippen molar-refractivity contribution in [2.45, 2.75) is 13.0 Å². The maximum Gasteiger partial charge on any atom is 0.348 e. The standard InChI is InChI=1S/C13H16N2O3S/c1-7(14)6-15-11-9-5-8(18-2)3-4-10(9)19-12(11)13(16)17/h3-5,7,15H,6,14H2,1-2H3,(H,16,17)/t7-/m1/s1. The van der Waals surface area contributed by atoms with Gasteiger partial charge in [-0.15, -0.1) is 11.3 Å². The van der Waals surface area contributed by atoms with Gasteiger partial charge in [-0.1, -0.05) is 0 Å². The summed E-state index contributed by atoms with van der Waals surface area (Å²) in [5.74, 6) is -0.238. The van der Waals surface area contributed by atoms with Crippen LogP contribution in [0.5, 0.6) is 5.75 Å². The van der Waals surface area contributed by atoms with Crippen molar-refractivity contribution in [3.8, 4) is 5.75 Å². The van der Waals surface area contributed by atoms with E-state index in [0.717, 1.165) is 10.1 Å². The van der Waals surface area contributed by atoms with Crippen molar-refractivity contribution in [3.63, 3.8) is 0 Å². The molecule has 0 bridgehead atoms. The van der Waals surface area contributed by atoms with Gasteiger partial charge in [0, 0.05) is 22.7 Å². The number of thiophene rings is 1. The monoisotopic (exact) mass is 280 g/mol. The van der Waals surface area contributed by atoms with E-state index in [-0.39, 0.29) is 6.04 Å². The molecular weight excluding hydrogens is 264 g/mol. The van der Waals surface area contributed by atoms with E-state index < -0.39 is 5.97 Å². The molecule has 102 valence electrons. The highest BCUT2D eigenvalue weighted by Gasteiger charge is 2.18. The molecule has 6 heteroatoms. The largest absolute Gasteiger partial charge is 0.497 e. The Hall–Kier alpha value is -1.79. The molecule has 1 atom stereocenters. The fourth-order valence-electron chi connectivity index (χ4n) is 1.79. The molecular formula is C13H16N2O3S. The highest BCUT2D eigenvalue weighted by Crippen LogP contribution is 2.37. The summed E-state index contributed by atoms with van der Waals surface area (Å²) in [7, 11) is 1.58. The van der Waals surface area contributed by atoms with Crippen LogP contribution >= 0.6 is 11.3 Å². The van der Waals surface area contributed by atoms with Gasteiger partial charge < -0.3 is 20.9 Å². The SMILES string of the molecule is COc1ccc2sc(C(=O)O)c(NC[C@@H](C)N)c2c1. The van der Waals surface area contributed by atoms with E-state index in [0.29, 0.717) is 22.9 Å². The van der Waals surface area contributed by atoms with Crippen LogP contribution in [-0.4, -0.2) is 30.8 Å². The number of hydrogen-bond acceptors (Lipinski definition) is 5. The zero-order valence-electron chi connectivity index (χ0n) is 10.8. The molecule has 2 aromatic rings. The van der Waals surface area contributed by atoms with Crippen molar-refractivity contribution in [2.24, 2.45) is 5.73 Å². The number of nitrogens with two attached hydrogens (primary N) is 1. The van der Waals surface area contributed by atoms with Crippen molar-refractivity contribution < 1.29 is 14.6 Å². The molecule has 0 saturated heterocycles. The van der Waals surface area contributed by atoms with Gasteiger partial charge in [0.1, 0.15) is 10.6 Å². The predicted molar refractivity (Wildman–Crippen MR) is 77.5 cm³/mol. The topological polar surface area (TPSA) is 84.6 Å². The minimum atomic E-state index is -0.938. The number of anilines is 1. The Kier molecular flexibility index (Phi) is 3.92. The molecule has 0 aliphatic carbocycles. The Morgan fingerprint density at radius 2 is 2.32 bits per heavy atom. The van der Waals surface area contributed by atoms with Crippen LogP contribution in [0.4, 0.5) is 5.69 Å². The van der Waals surface area contributed by atoms with E-state index in [2.05, 4.69) is 5.32 Å². The van der Waals surface area contributed by atoms with Gasteiger partial charge in [0.05, 0.1) is 12.8 Å². The lowest BCUT2D eigenvalue weighted by Gasteiger charge is -2.09. The smallest absolute Gasteiger partial charge is 0.348 e. The third kappa shape index (κ3) is 2.80. The second-order valence-electron chi connectivity index (χ2n) is 4.33. The summed E-state index contributed by atoms with van der Waals surface area (Å²) < 4.78 is 6.09. The van der Waals surface area contributed by atoms with Gasteiger partial charge in [-0.3, -0.25) is 0 Å². The average molecular weight is 280 g/mol. The first-order chi connectivity index (χ1) is 9.02. The number of nitrogens with one attached hydrogen (secondary N) is 1. The Balaban J connectivity index is 2.53. The van der Waals surface area contributed by atoms with Crippen molar-refractivity contribution >= 4 is 33.1 Å². The molecule has 0 spiro atoms. The van der Waals surface area contributed by atoms with Crippen molar-refractivity contribution in [1.29, 1.82) is 0 Å². The molecule has 2 rings (SSSR count). The molecule has 0 fully saturated rings. The van der Waals surface area contributed by atoms with E-state index in [1.54, 1.807) is 7.11 Å². The first kappa shape index (κ1) is 13.6. The fraction of sp³-hybridized carbons (Fsp3) is 0.308. The number of aromatic carboxylic acids is 1. The molecule has 0 radical (unpaired) electrons. The summed E-state index contributed by atoms with van der Waals surface area (Å²) in [6.45, 7) is 2.38. The molecule has 1 aromatic heterocycles. The molecule has 0 aliphatic heterocycles. The minimum Gasteiger partial charge on any atom is -0.497 e. The van der Waals surface area contributed by atoms with Crippen LogP contribution in [-0.2, 0) is 0 Å². The lowest BCUT2D eigenvalue weighted by Crippen LogP contribution is -2.25. The third-order valence-corrected chi connectivity index (χ3v) is 3.85. The van der Waals surface area contributed by atoms with Crippen LogP contribution in [0.3, 0.4) is 0 Å².